The van der Waals surface area contributed by atoms with Gasteiger partial charge >= 0.3 is 5.97 Å². The largest absolute Gasteiger partial charge is 0.456 e. The SMILES string of the molecule is CCN1CCN(c2cc(C(=O)OC(C)(C)C)cc(Br)n2)CC1. The number of likely N-dealkylation sites (N-methyl/N-ethyl adjacent to an activating group) is 1. The Bertz CT molecular complexity index is 535. The number of hydrogen-bond acceptors (Lipinski definition) is 5. The van der Waals surface area contributed by atoms with Crippen molar-refractivity contribution in [3.63, 3.8) is 0 Å². The van der Waals surface area contributed by atoms with Gasteiger partial charge in [0.15, 0.2) is 0 Å². The minimum absolute atomic E-state index is 0.316. The number of ether oxygens (including phenoxy) is 1. The fourth-order valence-corrected chi connectivity index (χ4v) is 2.82. The van der Waals surface area contributed by atoms with Gasteiger partial charge < -0.3 is 14.5 Å². The molecule has 5 nitrogen and oxygen atoms in total. The van der Waals surface area contributed by atoms with Crippen LogP contribution in [-0.4, -0.2) is 54.2 Å². The molecule has 1 saturated heterocycles. The molecular formula is C16H24BrN3O2. The first-order chi connectivity index (χ1) is 10.3. The van der Waals surface area contributed by atoms with Crippen LogP contribution < -0.4 is 4.90 Å². The lowest BCUT2D eigenvalue weighted by Crippen LogP contribution is -2.46. The lowest BCUT2D eigenvalue weighted by molar-refractivity contribution is 0.00693. The highest BCUT2D eigenvalue weighted by atomic mass is 79.9. The molecule has 1 aliphatic heterocycles. The molecule has 0 spiro atoms. The molecule has 1 aliphatic rings. The molecule has 1 aromatic rings. The molecule has 0 N–H and O–H groups in total. The number of piperazine rings is 1. The molecule has 2 rings (SSSR count). The fourth-order valence-electron chi connectivity index (χ4n) is 2.39. The van der Waals surface area contributed by atoms with Gasteiger partial charge in [-0.2, -0.15) is 0 Å². The summed E-state index contributed by atoms with van der Waals surface area (Å²) in [5.74, 6) is 0.509. The van der Waals surface area contributed by atoms with E-state index in [-0.39, 0.29) is 5.97 Å². The summed E-state index contributed by atoms with van der Waals surface area (Å²) in [4.78, 5) is 21.4. The van der Waals surface area contributed by atoms with Crippen molar-refractivity contribution < 1.29 is 9.53 Å². The Labute approximate surface area is 140 Å². The third kappa shape index (κ3) is 4.68. The number of esters is 1. The summed E-state index contributed by atoms with van der Waals surface area (Å²) in [6, 6.07) is 3.53. The molecule has 22 heavy (non-hydrogen) atoms. The molecule has 0 bridgehead atoms. The molecule has 0 unspecified atom stereocenters. The number of pyridine rings is 1. The maximum absolute atomic E-state index is 12.2. The molecule has 122 valence electrons. The number of rotatable bonds is 3. The molecule has 0 amide bonds. The summed E-state index contributed by atoms with van der Waals surface area (Å²) in [5.41, 5.74) is 0.0319. The summed E-state index contributed by atoms with van der Waals surface area (Å²) in [6.45, 7) is 12.7. The first-order valence-corrected chi connectivity index (χ1v) is 8.46. The molecule has 0 radical (unpaired) electrons. The van der Waals surface area contributed by atoms with Gasteiger partial charge in [0.05, 0.1) is 5.56 Å². The lowest BCUT2D eigenvalue weighted by Gasteiger charge is -2.35. The molecule has 0 saturated carbocycles. The van der Waals surface area contributed by atoms with Gasteiger partial charge in [0.25, 0.3) is 0 Å². The van der Waals surface area contributed by atoms with Crippen LogP contribution >= 0.6 is 15.9 Å². The van der Waals surface area contributed by atoms with Crippen LogP contribution in [-0.2, 0) is 4.74 Å². The second-order valence-electron chi connectivity index (χ2n) is 6.46. The standard InChI is InChI=1S/C16H24BrN3O2/c1-5-19-6-8-20(9-7-19)14-11-12(10-13(17)18-14)15(21)22-16(2,3)4/h10-11H,5-9H2,1-4H3. The predicted octanol–water partition coefficient (Wildman–Crippen LogP) is 2.94. The van der Waals surface area contributed by atoms with Crippen molar-refractivity contribution in [2.45, 2.75) is 33.3 Å². The molecule has 0 aliphatic carbocycles. The van der Waals surface area contributed by atoms with Crippen LogP contribution in [0.3, 0.4) is 0 Å². The van der Waals surface area contributed by atoms with E-state index in [2.05, 4.69) is 37.6 Å². The smallest absolute Gasteiger partial charge is 0.338 e. The first kappa shape index (κ1) is 17.2. The summed E-state index contributed by atoms with van der Waals surface area (Å²) >= 11 is 3.40. The van der Waals surface area contributed by atoms with Gasteiger partial charge in [-0.05, 0) is 55.4 Å². The van der Waals surface area contributed by atoms with E-state index in [9.17, 15) is 4.79 Å². The predicted molar refractivity (Wildman–Crippen MR) is 91.4 cm³/mol. The van der Waals surface area contributed by atoms with Gasteiger partial charge in [-0.3, -0.25) is 0 Å². The number of aromatic nitrogens is 1. The van der Waals surface area contributed by atoms with Gasteiger partial charge in [-0.25, -0.2) is 9.78 Å². The van der Waals surface area contributed by atoms with Crippen LogP contribution in [0, 0.1) is 0 Å². The minimum Gasteiger partial charge on any atom is -0.456 e. The maximum atomic E-state index is 12.2. The average molecular weight is 370 g/mol. The van der Waals surface area contributed by atoms with E-state index in [1.54, 1.807) is 6.07 Å². The highest BCUT2D eigenvalue weighted by Gasteiger charge is 2.22. The van der Waals surface area contributed by atoms with E-state index in [0.717, 1.165) is 38.5 Å². The van der Waals surface area contributed by atoms with Crippen molar-refractivity contribution in [2.75, 3.05) is 37.6 Å². The number of nitrogens with zero attached hydrogens (tertiary/aromatic N) is 3. The van der Waals surface area contributed by atoms with Crippen LogP contribution in [0.1, 0.15) is 38.1 Å². The molecular weight excluding hydrogens is 346 g/mol. The second-order valence-corrected chi connectivity index (χ2v) is 7.27. The number of carbonyl (C=O) groups excluding carboxylic acids is 1. The number of hydrogen-bond donors (Lipinski definition) is 0. The number of anilines is 1. The summed E-state index contributed by atoms with van der Waals surface area (Å²) in [7, 11) is 0. The Morgan fingerprint density at radius 2 is 1.91 bits per heavy atom. The zero-order valence-corrected chi connectivity index (χ0v) is 15.3. The van der Waals surface area contributed by atoms with Gasteiger partial charge in [0, 0.05) is 26.2 Å². The van der Waals surface area contributed by atoms with Crippen molar-refractivity contribution in [1.29, 1.82) is 0 Å². The molecule has 0 atom stereocenters. The quantitative estimate of drug-likeness (QED) is 0.605. The Morgan fingerprint density at radius 1 is 1.27 bits per heavy atom. The Morgan fingerprint density at radius 3 is 2.45 bits per heavy atom. The highest BCUT2D eigenvalue weighted by Crippen LogP contribution is 2.22. The lowest BCUT2D eigenvalue weighted by atomic mass is 10.2. The van der Waals surface area contributed by atoms with Crippen molar-refractivity contribution in [3.05, 3.63) is 22.3 Å². The van der Waals surface area contributed by atoms with Crippen LogP contribution in [0.4, 0.5) is 5.82 Å². The minimum atomic E-state index is -0.500. The van der Waals surface area contributed by atoms with Crippen LogP contribution in [0.2, 0.25) is 0 Å². The molecule has 6 heteroatoms. The van der Waals surface area contributed by atoms with E-state index in [1.807, 2.05) is 26.8 Å². The van der Waals surface area contributed by atoms with Crippen molar-refractivity contribution in [2.24, 2.45) is 0 Å². The average Bonchev–Trinajstić information content (AvgIpc) is 2.45. The van der Waals surface area contributed by atoms with E-state index in [1.165, 1.54) is 0 Å². The van der Waals surface area contributed by atoms with Crippen LogP contribution in [0.25, 0.3) is 0 Å². The van der Waals surface area contributed by atoms with Crippen molar-refractivity contribution in [3.8, 4) is 0 Å². The van der Waals surface area contributed by atoms with Gasteiger partial charge in [0.2, 0.25) is 0 Å². The fraction of sp³-hybridized carbons (Fsp3) is 0.625. The van der Waals surface area contributed by atoms with Gasteiger partial charge in [0.1, 0.15) is 16.0 Å². The number of halogens is 1. The zero-order chi connectivity index (χ0) is 16.3. The van der Waals surface area contributed by atoms with E-state index >= 15 is 0 Å². The molecule has 0 aromatic carbocycles. The molecule has 2 heterocycles. The Hall–Kier alpha value is -1.14. The summed E-state index contributed by atoms with van der Waals surface area (Å²) in [6.07, 6.45) is 0. The third-order valence-corrected chi connectivity index (χ3v) is 3.96. The van der Waals surface area contributed by atoms with Crippen LogP contribution in [0.5, 0.6) is 0 Å². The molecule has 1 aromatic heterocycles. The summed E-state index contributed by atoms with van der Waals surface area (Å²) in [5, 5.41) is 0. The Balaban J connectivity index is 2.15. The number of carbonyl (C=O) groups is 1. The zero-order valence-electron chi connectivity index (χ0n) is 13.7. The van der Waals surface area contributed by atoms with Crippen molar-refractivity contribution >= 4 is 27.7 Å². The van der Waals surface area contributed by atoms with Gasteiger partial charge in [-0.15, -0.1) is 0 Å². The van der Waals surface area contributed by atoms with Gasteiger partial charge in [-0.1, -0.05) is 6.92 Å². The monoisotopic (exact) mass is 369 g/mol. The van der Waals surface area contributed by atoms with E-state index < -0.39 is 5.60 Å². The third-order valence-electron chi connectivity index (χ3n) is 3.56. The van der Waals surface area contributed by atoms with Crippen molar-refractivity contribution in [1.82, 2.24) is 9.88 Å². The summed E-state index contributed by atoms with van der Waals surface area (Å²) < 4.78 is 6.10. The first-order valence-electron chi connectivity index (χ1n) is 7.67. The topological polar surface area (TPSA) is 45.7 Å². The Kier molecular flexibility index (Phi) is 5.45. The normalized spacial score (nSPS) is 16.7. The van der Waals surface area contributed by atoms with E-state index in [0.29, 0.717) is 10.2 Å². The maximum Gasteiger partial charge on any atom is 0.338 e. The highest BCUT2D eigenvalue weighted by molar-refractivity contribution is 9.10. The molecule has 1 fully saturated rings. The van der Waals surface area contributed by atoms with Crippen LogP contribution in [0.15, 0.2) is 16.7 Å². The van der Waals surface area contributed by atoms with E-state index in [4.69, 9.17) is 4.74 Å². The second kappa shape index (κ2) is 6.96.